The van der Waals surface area contributed by atoms with Gasteiger partial charge in [0.05, 0.1) is 16.0 Å². The van der Waals surface area contributed by atoms with E-state index in [0.717, 1.165) is 30.3 Å². The Morgan fingerprint density at radius 2 is 1.60 bits per heavy atom. The smallest absolute Gasteiger partial charge is 0.231 e. The molecule has 0 radical (unpaired) electrons. The maximum atomic E-state index is 14.5. The van der Waals surface area contributed by atoms with Crippen molar-refractivity contribution in [1.29, 1.82) is 0 Å². The lowest BCUT2D eigenvalue weighted by molar-refractivity contribution is -0.117. The molecule has 0 bridgehead atoms. The van der Waals surface area contributed by atoms with Gasteiger partial charge in [0.15, 0.2) is 5.78 Å². The zero-order chi connectivity index (χ0) is 25.7. The molecule has 35 heavy (non-hydrogen) atoms. The molecular weight excluding hydrogens is 552 g/mol. The molecular formula is C24H13Cl4F4NO2. The lowest BCUT2D eigenvalue weighted by atomic mass is 10.0. The predicted molar refractivity (Wildman–Crippen MR) is 127 cm³/mol. The third kappa shape index (κ3) is 5.14. The fraction of sp³-hybridized carbons (Fsp3) is 0.167. The molecule has 0 saturated heterocycles. The standard InChI is InChI=1S/C24H13Cl4F4NO2/c25-15-5-11(2-4-16(15)30)20-21(24(20,27)28)23(35)33-13-8-14(22(26)18(32)9-13)19(34)6-10-1-3-12(29)7-17(10)31/h1-5,7-9,20-21H,6H2,(H,33,35). The SMILES string of the molecule is O=C(Cc1ccc(F)cc1F)c1cc(NC(=O)C2C(c3ccc(F)c(Cl)c3)C2(Cl)Cl)cc(F)c1Cl. The summed E-state index contributed by atoms with van der Waals surface area (Å²) in [5.41, 5.74) is -0.116. The van der Waals surface area contributed by atoms with Crippen molar-refractivity contribution in [1.82, 2.24) is 0 Å². The fourth-order valence-electron chi connectivity index (χ4n) is 3.79. The summed E-state index contributed by atoms with van der Waals surface area (Å²) in [7, 11) is 0. The van der Waals surface area contributed by atoms with Crippen LogP contribution in [0.5, 0.6) is 0 Å². The molecule has 2 unspecified atom stereocenters. The van der Waals surface area contributed by atoms with E-state index < -0.39 is 62.6 Å². The number of anilines is 1. The fourth-order valence-corrected chi connectivity index (χ4v) is 5.02. The minimum atomic E-state index is -1.53. The number of carbonyl (C=O) groups excluding carboxylic acids is 2. The van der Waals surface area contributed by atoms with Crippen LogP contribution in [-0.2, 0) is 11.2 Å². The van der Waals surface area contributed by atoms with E-state index in [1.807, 2.05) is 0 Å². The van der Waals surface area contributed by atoms with Gasteiger partial charge in [0.1, 0.15) is 27.6 Å². The van der Waals surface area contributed by atoms with Crippen molar-refractivity contribution in [3.8, 4) is 0 Å². The first-order valence-electron chi connectivity index (χ1n) is 10.00. The Kier molecular flexibility index (Phi) is 7.08. The van der Waals surface area contributed by atoms with Crippen molar-refractivity contribution in [3.63, 3.8) is 0 Å². The highest BCUT2D eigenvalue weighted by atomic mass is 35.5. The van der Waals surface area contributed by atoms with Crippen molar-refractivity contribution >= 4 is 63.8 Å². The molecule has 0 aromatic heterocycles. The van der Waals surface area contributed by atoms with Crippen LogP contribution in [0.3, 0.4) is 0 Å². The molecule has 1 aliphatic carbocycles. The highest BCUT2D eigenvalue weighted by molar-refractivity contribution is 6.53. The largest absolute Gasteiger partial charge is 0.326 e. The zero-order valence-electron chi connectivity index (χ0n) is 17.3. The molecule has 3 nitrogen and oxygen atoms in total. The monoisotopic (exact) mass is 563 g/mol. The van der Waals surface area contributed by atoms with E-state index >= 15 is 0 Å². The number of hydrogen-bond donors (Lipinski definition) is 1. The van der Waals surface area contributed by atoms with Gasteiger partial charge in [-0.05, 0) is 41.5 Å². The molecule has 1 aliphatic rings. The maximum Gasteiger partial charge on any atom is 0.231 e. The Labute approximate surface area is 216 Å². The van der Waals surface area contributed by atoms with Crippen LogP contribution in [-0.4, -0.2) is 16.0 Å². The third-order valence-corrected chi connectivity index (χ3v) is 7.22. The quantitative estimate of drug-likeness (QED) is 0.191. The summed E-state index contributed by atoms with van der Waals surface area (Å²) in [6.07, 6.45) is -0.523. The number of nitrogens with one attached hydrogen (secondary N) is 1. The van der Waals surface area contributed by atoms with Crippen LogP contribution in [0, 0.1) is 29.2 Å². The number of Topliss-reactive ketones (excluding diaryl/α,β-unsaturated/α-hetero) is 1. The molecule has 1 saturated carbocycles. The van der Waals surface area contributed by atoms with E-state index in [0.29, 0.717) is 11.6 Å². The second kappa shape index (κ2) is 9.62. The van der Waals surface area contributed by atoms with E-state index in [1.165, 1.54) is 12.1 Å². The lowest BCUT2D eigenvalue weighted by Gasteiger charge is -2.11. The van der Waals surface area contributed by atoms with Gasteiger partial charge in [-0.3, -0.25) is 9.59 Å². The molecule has 0 spiro atoms. The summed E-state index contributed by atoms with van der Waals surface area (Å²) in [6, 6.07) is 8.53. The van der Waals surface area contributed by atoms with Crippen LogP contribution in [0.1, 0.15) is 27.4 Å². The van der Waals surface area contributed by atoms with Crippen molar-refractivity contribution in [3.05, 3.63) is 98.5 Å². The Hall–Kier alpha value is -2.32. The number of halogens is 8. The number of carbonyl (C=O) groups is 2. The lowest BCUT2D eigenvalue weighted by Crippen LogP contribution is -2.18. The molecule has 0 aliphatic heterocycles. The Morgan fingerprint density at radius 1 is 0.886 bits per heavy atom. The van der Waals surface area contributed by atoms with Crippen LogP contribution in [0.2, 0.25) is 10.0 Å². The number of ketones is 1. The van der Waals surface area contributed by atoms with Crippen LogP contribution in [0.4, 0.5) is 23.2 Å². The maximum absolute atomic E-state index is 14.5. The van der Waals surface area contributed by atoms with E-state index in [-0.39, 0.29) is 21.8 Å². The molecule has 1 fully saturated rings. The van der Waals surface area contributed by atoms with Crippen molar-refractivity contribution in [2.45, 2.75) is 16.7 Å². The van der Waals surface area contributed by atoms with Gasteiger partial charge in [0, 0.05) is 29.7 Å². The normalized spacial score (nSPS) is 18.3. The summed E-state index contributed by atoms with van der Waals surface area (Å²) >= 11 is 24.3. The van der Waals surface area contributed by atoms with Crippen molar-refractivity contribution in [2.75, 3.05) is 5.32 Å². The number of hydrogen-bond acceptors (Lipinski definition) is 2. The van der Waals surface area contributed by atoms with Gasteiger partial charge in [-0.25, -0.2) is 17.6 Å². The minimum Gasteiger partial charge on any atom is -0.326 e. The van der Waals surface area contributed by atoms with Gasteiger partial charge < -0.3 is 5.32 Å². The molecule has 3 aromatic rings. The number of alkyl halides is 2. The van der Waals surface area contributed by atoms with Crippen LogP contribution in [0.25, 0.3) is 0 Å². The molecule has 3 aromatic carbocycles. The Bertz CT molecular complexity index is 1370. The number of rotatable bonds is 6. The first-order valence-corrected chi connectivity index (χ1v) is 11.5. The summed E-state index contributed by atoms with van der Waals surface area (Å²) in [4.78, 5) is 25.6. The minimum absolute atomic E-state index is 0.116. The number of benzene rings is 3. The molecule has 4 rings (SSSR count). The van der Waals surface area contributed by atoms with E-state index in [1.54, 1.807) is 0 Å². The summed E-state index contributed by atoms with van der Waals surface area (Å²) in [5, 5.41) is 1.75. The van der Waals surface area contributed by atoms with E-state index in [2.05, 4.69) is 5.32 Å². The van der Waals surface area contributed by atoms with Crippen LogP contribution >= 0.6 is 46.4 Å². The molecule has 182 valence electrons. The molecule has 2 atom stereocenters. The average Bonchev–Trinajstić information content (AvgIpc) is 3.36. The second-order valence-corrected chi connectivity index (χ2v) is 10.2. The molecule has 1 amide bonds. The Balaban J connectivity index is 1.55. The Morgan fingerprint density at radius 3 is 2.26 bits per heavy atom. The highest BCUT2D eigenvalue weighted by Gasteiger charge is 2.67. The van der Waals surface area contributed by atoms with Crippen molar-refractivity contribution < 1.29 is 27.2 Å². The molecule has 11 heteroatoms. The predicted octanol–water partition coefficient (Wildman–Crippen LogP) is 7.50. The highest BCUT2D eigenvalue weighted by Crippen LogP contribution is 2.65. The van der Waals surface area contributed by atoms with E-state index in [9.17, 15) is 27.2 Å². The second-order valence-electron chi connectivity index (χ2n) is 7.95. The van der Waals surface area contributed by atoms with Gasteiger partial charge in [-0.2, -0.15) is 0 Å². The van der Waals surface area contributed by atoms with Gasteiger partial charge >= 0.3 is 0 Å². The molecule has 1 N–H and O–H groups in total. The average molecular weight is 565 g/mol. The first kappa shape index (κ1) is 25.8. The number of amides is 1. The van der Waals surface area contributed by atoms with Gasteiger partial charge in [0.25, 0.3) is 0 Å². The van der Waals surface area contributed by atoms with Crippen molar-refractivity contribution in [2.24, 2.45) is 5.92 Å². The summed E-state index contributed by atoms with van der Waals surface area (Å²) < 4.78 is 53.5. The summed E-state index contributed by atoms with van der Waals surface area (Å²) in [6.45, 7) is 0. The van der Waals surface area contributed by atoms with Crippen LogP contribution in [0.15, 0.2) is 48.5 Å². The zero-order valence-corrected chi connectivity index (χ0v) is 20.3. The topological polar surface area (TPSA) is 46.2 Å². The van der Waals surface area contributed by atoms with Gasteiger partial charge in [-0.15, -0.1) is 23.2 Å². The third-order valence-electron chi connectivity index (χ3n) is 5.60. The van der Waals surface area contributed by atoms with Gasteiger partial charge in [0.2, 0.25) is 5.91 Å². The van der Waals surface area contributed by atoms with E-state index in [4.69, 9.17) is 46.4 Å². The molecule has 0 heterocycles. The van der Waals surface area contributed by atoms with Gasteiger partial charge in [-0.1, -0.05) is 35.3 Å². The van der Waals surface area contributed by atoms with Crippen LogP contribution < -0.4 is 5.32 Å². The first-order chi connectivity index (χ1) is 16.4. The summed E-state index contributed by atoms with van der Waals surface area (Å²) in [5.74, 6) is -6.57.